The zero-order chi connectivity index (χ0) is 19.7. The molecular formula is C20H13N3O3S2. The summed E-state index contributed by atoms with van der Waals surface area (Å²) < 4.78 is 0.233. The van der Waals surface area contributed by atoms with Crippen LogP contribution < -0.4 is 5.43 Å². The number of aromatic nitrogens is 1. The van der Waals surface area contributed by atoms with Crippen molar-refractivity contribution in [2.24, 2.45) is 0 Å². The molecule has 8 heteroatoms. The number of para-hydroxylation sites is 1. The Morgan fingerprint density at radius 1 is 1.14 bits per heavy atom. The summed E-state index contributed by atoms with van der Waals surface area (Å²) in [5.74, 6) is -0.853. The summed E-state index contributed by atoms with van der Waals surface area (Å²) in [5, 5.41) is 11.3. The van der Waals surface area contributed by atoms with Crippen LogP contribution in [0.4, 0.5) is 0 Å². The van der Waals surface area contributed by atoms with Crippen molar-refractivity contribution in [1.82, 2.24) is 15.4 Å². The number of thiocarbonyl (C=S) groups is 1. The predicted molar refractivity (Wildman–Crippen MR) is 112 cm³/mol. The van der Waals surface area contributed by atoms with E-state index in [0.717, 1.165) is 33.2 Å². The zero-order valence-electron chi connectivity index (χ0n) is 14.3. The lowest BCUT2D eigenvalue weighted by atomic mass is 10.1. The number of hydrogen-bond acceptors (Lipinski definition) is 6. The molecule has 0 aliphatic carbocycles. The van der Waals surface area contributed by atoms with Crippen LogP contribution >= 0.6 is 24.0 Å². The molecular weight excluding hydrogens is 394 g/mol. The topological polar surface area (TPSA) is 82.5 Å². The van der Waals surface area contributed by atoms with Gasteiger partial charge in [0.2, 0.25) is 0 Å². The van der Waals surface area contributed by atoms with Gasteiger partial charge in [-0.1, -0.05) is 36.0 Å². The molecule has 0 spiro atoms. The van der Waals surface area contributed by atoms with E-state index in [1.807, 2.05) is 30.3 Å². The van der Waals surface area contributed by atoms with Gasteiger partial charge in [-0.25, -0.2) is 0 Å². The fourth-order valence-electron chi connectivity index (χ4n) is 2.73. The van der Waals surface area contributed by atoms with Crippen LogP contribution in [0.1, 0.15) is 15.9 Å². The summed E-state index contributed by atoms with van der Waals surface area (Å²) in [7, 11) is 0. The highest BCUT2D eigenvalue weighted by molar-refractivity contribution is 8.26. The molecule has 0 bridgehead atoms. The zero-order valence-corrected chi connectivity index (χ0v) is 16.0. The Kier molecular flexibility index (Phi) is 4.81. The van der Waals surface area contributed by atoms with E-state index in [9.17, 15) is 14.7 Å². The van der Waals surface area contributed by atoms with E-state index in [1.165, 1.54) is 24.3 Å². The lowest BCUT2D eigenvalue weighted by Crippen LogP contribution is -2.44. The number of benzene rings is 2. The summed E-state index contributed by atoms with van der Waals surface area (Å²) in [6.07, 6.45) is 3.42. The monoisotopic (exact) mass is 407 g/mol. The number of nitrogens with one attached hydrogen (secondary N) is 1. The highest BCUT2D eigenvalue weighted by atomic mass is 32.2. The minimum absolute atomic E-state index is 0.0498. The van der Waals surface area contributed by atoms with Crippen molar-refractivity contribution in [3.8, 4) is 5.75 Å². The Morgan fingerprint density at radius 3 is 2.68 bits per heavy atom. The van der Waals surface area contributed by atoms with Gasteiger partial charge in [0, 0.05) is 22.7 Å². The second-order valence-electron chi connectivity index (χ2n) is 5.93. The van der Waals surface area contributed by atoms with Crippen molar-refractivity contribution < 1.29 is 14.7 Å². The van der Waals surface area contributed by atoms with Crippen molar-refractivity contribution >= 4 is 57.1 Å². The number of hydrazine groups is 1. The van der Waals surface area contributed by atoms with Crippen LogP contribution in [0.5, 0.6) is 5.75 Å². The van der Waals surface area contributed by atoms with Gasteiger partial charge in [-0.05, 0) is 48.6 Å². The molecule has 0 radical (unpaired) electrons. The van der Waals surface area contributed by atoms with Crippen molar-refractivity contribution in [3.05, 3.63) is 76.8 Å². The molecule has 0 unspecified atom stereocenters. The first-order chi connectivity index (χ1) is 13.5. The standard InChI is InChI=1S/C20H13N3O3S2/c24-15-8-6-13(7-9-15)18(25)22-23-19(26)16(28-20(23)27)11-14-4-1-3-12-5-2-10-21-17(12)14/h1-11,24H,(H,22,25)/b16-11-. The van der Waals surface area contributed by atoms with Crippen LogP contribution in [0.25, 0.3) is 17.0 Å². The third-order valence-electron chi connectivity index (χ3n) is 4.09. The molecule has 2 N–H and O–H groups in total. The Balaban J connectivity index is 1.59. The first-order valence-corrected chi connectivity index (χ1v) is 9.47. The molecule has 1 aromatic heterocycles. The number of thioether (sulfide) groups is 1. The highest BCUT2D eigenvalue weighted by Gasteiger charge is 2.33. The Bertz CT molecular complexity index is 1140. The van der Waals surface area contributed by atoms with Gasteiger partial charge in [0.15, 0.2) is 4.32 Å². The molecule has 1 aliphatic heterocycles. The van der Waals surface area contributed by atoms with Crippen LogP contribution in [0.15, 0.2) is 65.7 Å². The average molecular weight is 407 g/mol. The molecule has 1 fully saturated rings. The molecule has 4 rings (SSSR count). The number of rotatable bonds is 3. The molecule has 3 aromatic rings. The van der Waals surface area contributed by atoms with Gasteiger partial charge in [-0.3, -0.25) is 20.0 Å². The molecule has 1 aliphatic rings. The summed E-state index contributed by atoms with van der Waals surface area (Å²) in [5.41, 5.74) is 4.39. The molecule has 138 valence electrons. The molecule has 0 saturated carbocycles. The van der Waals surface area contributed by atoms with Crippen molar-refractivity contribution in [2.45, 2.75) is 0 Å². The lowest BCUT2D eigenvalue weighted by molar-refractivity contribution is -0.123. The quantitative estimate of drug-likeness (QED) is 0.511. The van der Waals surface area contributed by atoms with E-state index in [-0.39, 0.29) is 10.1 Å². The van der Waals surface area contributed by atoms with Gasteiger partial charge >= 0.3 is 0 Å². The van der Waals surface area contributed by atoms with Crippen molar-refractivity contribution in [3.63, 3.8) is 0 Å². The van der Waals surface area contributed by atoms with Crippen molar-refractivity contribution in [2.75, 3.05) is 0 Å². The number of carbonyl (C=O) groups excluding carboxylic acids is 2. The summed E-state index contributed by atoms with van der Waals surface area (Å²) in [6.45, 7) is 0. The Hall–Kier alpha value is -3.23. The number of carbonyl (C=O) groups is 2. The summed E-state index contributed by atoms with van der Waals surface area (Å²) >= 11 is 6.36. The molecule has 28 heavy (non-hydrogen) atoms. The Morgan fingerprint density at radius 2 is 1.89 bits per heavy atom. The number of pyridine rings is 1. The lowest BCUT2D eigenvalue weighted by Gasteiger charge is -2.15. The molecule has 0 atom stereocenters. The van der Waals surface area contributed by atoms with Gasteiger partial charge < -0.3 is 5.11 Å². The SMILES string of the molecule is O=C(NN1C(=O)/C(=C/c2cccc3cccnc23)SC1=S)c1ccc(O)cc1. The summed E-state index contributed by atoms with van der Waals surface area (Å²) in [4.78, 5) is 29.9. The minimum atomic E-state index is -0.496. The molecule has 2 heterocycles. The normalized spacial score (nSPS) is 15.4. The van der Waals surface area contributed by atoms with E-state index in [4.69, 9.17) is 12.2 Å². The minimum Gasteiger partial charge on any atom is -0.508 e. The van der Waals surface area contributed by atoms with E-state index < -0.39 is 11.8 Å². The number of phenolic OH excluding ortho intramolecular Hbond substituents is 1. The first-order valence-electron chi connectivity index (χ1n) is 8.24. The second kappa shape index (κ2) is 7.41. The largest absolute Gasteiger partial charge is 0.508 e. The first kappa shape index (κ1) is 18.1. The smallest absolute Gasteiger partial charge is 0.285 e. The molecule has 2 amide bonds. The van der Waals surface area contributed by atoms with Gasteiger partial charge in [0.1, 0.15) is 5.75 Å². The molecule has 1 saturated heterocycles. The maximum Gasteiger partial charge on any atom is 0.285 e. The van der Waals surface area contributed by atoms with Crippen LogP contribution in [-0.2, 0) is 4.79 Å². The third-order valence-corrected chi connectivity index (χ3v) is 5.39. The number of fused-ring (bicyclic) bond motifs is 1. The van der Waals surface area contributed by atoms with Crippen LogP contribution in [0.3, 0.4) is 0 Å². The van der Waals surface area contributed by atoms with Gasteiger partial charge in [0.05, 0.1) is 10.4 Å². The van der Waals surface area contributed by atoms with Crippen LogP contribution in [0.2, 0.25) is 0 Å². The fraction of sp³-hybridized carbons (Fsp3) is 0. The van der Waals surface area contributed by atoms with Gasteiger partial charge in [-0.15, -0.1) is 0 Å². The van der Waals surface area contributed by atoms with E-state index >= 15 is 0 Å². The fourth-order valence-corrected chi connectivity index (χ4v) is 3.90. The van der Waals surface area contributed by atoms with E-state index in [0.29, 0.717) is 10.5 Å². The number of nitrogens with zero attached hydrogens (tertiary/aromatic N) is 2. The number of amides is 2. The van der Waals surface area contributed by atoms with Gasteiger partial charge in [-0.2, -0.15) is 5.01 Å². The molecule has 2 aromatic carbocycles. The van der Waals surface area contributed by atoms with Crippen molar-refractivity contribution in [1.29, 1.82) is 0 Å². The van der Waals surface area contributed by atoms with Crippen LogP contribution in [0, 0.1) is 0 Å². The number of phenols is 1. The number of hydrogen-bond donors (Lipinski definition) is 2. The van der Waals surface area contributed by atoms with E-state index in [1.54, 1.807) is 12.3 Å². The molecule has 6 nitrogen and oxygen atoms in total. The predicted octanol–water partition coefficient (Wildman–Crippen LogP) is 3.49. The second-order valence-corrected chi connectivity index (χ2v) is 7.60. The van der Waals surface area contributed by atoms with Gasteiger partial charge in [0.25, 0.3) is 11.8 Å². The van der Waals surface area contributed by atoms with Crippen LogP contribution in [-0.4, -0.2) is 31.2 Å². The van der Waals surface area contributed by atoms with E-state index in [2.05, 4.69) is 10.4 Å². The highest BCUT2D eigenvalue weighted by Crippen LogP contribution is 2.32. The maximum atomic E-state index is 12.8. The average Bonchev–Trinajstić information content (AvgIpc) is 2.96. The maximum absolute atomic E-state index is 12.8. The number of aromatic hydroxyl groups is 1. The Labute approximate surface area is 169 Å². The summed E-state index contributed by atoms with van der Waals surface area (Å²) in [6, 6.07) is 15.2. The third kappa shape index (κ3) is 3.47.